The number of halogens is 2. The molecule has 0 bridgehead atoms. The van der Waals surface area contributed by atoms with E-state index in [1.165, 1.54) is 12.1 Å². The van der Waals surface area contributed by atoms with Crippen molar-refractivity contribution in [2.75, 3.05) is 0 Å². The topological polar surface area (TPSA) is 32.6 Å². The van der Waals surface area contributed by atoms with Gasteiger partial charge in [-0.25, -0.2) is 8.78 Å². The number of benzene rings is 2. The summed E-state index contributed by atoms with van der Waals surface area (Å²) in [5.41, 5.74) is 1.82. The first-order chi connectivity index (χ1) is 14.1. The van der Waals surface area contributed by atoms with Gasteiger partial charge in [0.05, 0.1) is 11.2 Å². The van der Waals surface area contributed by atoms with Crippen LogP contribution in [0.2, 0.25) is 0 Å². The second kappa shape index (κ2) is 9.72. The zero-order chi connectivity index (χ0) is 22.3. The monoisotopic (exact) mass is 598 g/mol. The fourth-order valence-electron chi connectivity index (χ4n) is 3.43. The van der Waals surface area contributed by atoms with Crippen molar-refractivity contribution in [2.24, 2.45) is 0 Å². The molecule has 2 fully saturated rings. The van der Waals surface area contributed by atoms with Crippen molar-refractivity contribution >= 4 is 24.0 Å². The van der Waals surface area contributed by atoms with Crippen molar-refractivity contribution in [3.05, 3.63) is 58.4 Å². The third kappa shape index (κ3) is 5.40. The summed E-state index contributed by atoms with van der Waals surface area (Å²) in [5, 5.41) is 4.40. The second-order valence-corrected chi connectivity index (χ2v) is 8.82. The molecule has 0 N–H and O–H groups in total. The second-order valence-electron chi connectivity index (χ2n) is 8.82. The molecule has 1 saturated carbocycles. The third-order valence-corrected chi connectivity index (χ3v) is 6.15. The van der Waals surface area contributed by atoms with Crippen molar-refractivity contribution in [3.8, 4) is 0 Å². The van der Waals surface area contributed by atoms with Gasteiger partial charge in [0, 0.05) is 21.1 Å². The minimum absolute atomic E-state index is 0. The van der Waals surface area contributed by atoms with Crippen molar-refractivity contribution in [1.29, 1.82) is 0 Å². The Hall–Kier alpha value is -1.23. The van der Waals surface area contributed by atoms with Gasteiger partial charge in [0.2, 0.25) is 0 Å². The molecule has 31 heavy (non-hydrogen) atoms. The molecule has 2 aliphatic rings. The fourth-order valence-corrected chi connectivity index (χ4v) is 3.43. The van der Waals surface area contributed by atoms with Crippen LogP contribution in [0.5, 0.6) is 0 Å². The van der Waals surface area contributed by atoms with Crippen molar-refractivity contribution in [1.82, 2.24) is 0 Å². The largest absolute Gasteiger partial charge is 0.655 e. The summed E-state index contributed by atoms with van der Waals surface area (Å²) < 4.78 is 41.0. The molecule has 0 radical (unpaired) electrons. The van der Waals surface area contributed by atoms with Crippen LogP contribution < -0.4 is 5.46 Å². The zero-order valence-corrected chi connectivity index (χ0v) is 22.3. The summed E-state index contributed by atoms with van der Waals surface area (Å²) >= 11 is 0. The molecule has 0 amide bonds. The number of rotatable bonds is 4. The van der Waals surface area contributed by atoms with Gasteiger partial charge in [0.15, 0.2) is 0 Å². The van der Waals surface area contributed by atoms with Gasteiger partial charge in [-0.2, -0.15) is 0 Å². The Morgan fingerprint density at radius 3 is 2.03 bits per heavy atom. The molecule has 2 aromatic carbocycles. The van der Waals surface area contributed by atoms with E-state index in [0.29, 0.717) is 22.6 Å². The molecule has 0 spiro atoms. The summed E-state index contributed by atoms with van der Waals surface area (Å²) in [7, 11) is -0.697. The molecule has 1 saturated heterocycles. The van der Waals surface area contributed by atoms with E-state index in [1.54, 1.807) is 12.1 Å². The van der Waals surface area contributed by atoms with E-state index in [4.69, 9.17) is 9.31 Å². The molecular weight excluding hydrogens is 567 g/mol. The number of hydrogen-bond acceptors (Lipinski definition) is 2. The van der Waals surface area contributed by atoms with Crippen LogP contribution in [0.15, 0.2) is 30.3 Å². The molecule has 0 aromatic heterocycles. The van der Waals surface area contributed by atoms with Gasteiger partial charge in [0.25, 0.3) is 0 Å². The first kappa shape index (κ1) is 26.0. The summed E-state index contributed by atoms with van der Waals surface area (Å²) in [4.78, 5) is 0. The van der Waals surface area contributed by atoms with E-state index in [-0.39, 0.29) is 32.6 Å². The van der Waals surface area contributed by atoms with Crippen LogP contribution >= 0.6 is 0 Å². The van der Waals surface area contributed by atoms with E-state index in [1.807, 2.05) is 54.5 Å². The Morgan fingerprint density at radius 1 is 0.935 bits per heavy atom. The van der Waals surface area contributed by atoms with Crippen LogP contribution in [0.3, 0.4) is 0 Å². The molecule has 1 aliphatic heterocycles. The fraction of sp³-hybridized carbons (Fsp3) is 0.500. The van der Waals surface area contributed by atoms with Crippen molar-refractivity contribution in [2.45, 2.75) is 78.4 Å². The van der Waals surface area contributed by atoms with E-state index in [9.17, 15) is 8.78 Å². The maximum absolute atomic E-state index is 14.5. The molecule has 3 nitrogen and oxygen atoms in total. The predicted molar refractivity (Wildman–Crippen MR) is 119 cm³/mol. The molecule has 1 heterocycles. The first-order valence-corrected chi connectivity index (χ1v) is 10.7. The standard InChI is InChI=1S/C22H25BF2NO2.C2H6.W/c1-13-17(23-27-21(2,3)22(4,5)28-23)11-16(24)12-20(13)26-19-9-8-15(10-18(19)25)14-6-7-14;1-2;/h8-12,14H,6-7H2,1-5H3;1-2H3;/q-1;;. The smallest absolute Gasteiger partial charge is 0.495 e. The van der Waals surface area contributed by atoms with Crippen LogP contribution in [-0.4, -0.2) is 18.3 Å². The zero-order valence-electron chi connectivity index (χ0n) is 19.4. The van der Waals surface area contributed by atoms with E-state index >= 15 is 0 Å². The Morgan fingerprint density at radius 2 is 1.52 bits per heavy atom. The molecule has 1 aliphatic carbocycles. The van der Waals surface area contributed by atoms with Crippen LogP contribution in [0.25, 0.3) is 5.32 Å². The normalized spacial score (nSPS) is 18.7. The molecule has 0 unspecified atom stereocenters. The average molecular weight is 598 g/mol. The van der Waals surface area contributed by atoms with Gasteiger partial charge < -0.3 is 14.6 Å². The first-order valence-electron chi connectivity index (χ1n) is 10.7. The van der Waals surface area contributed by atoms with Gasteiger partial charge in [-0.15, -0.1) is 5.69 Å². The molecule has 7 heteroatoms. The Bertz CT molecular complexity index is 916. The SMILES string of the molecule is CC.Cc1c([N-]c2ccc(C3CC3)cc2F)cc(F)cc1B1OC(C)(C)C(C)(C)O1.[W]. The maximum Gasteiger partial charge on any atom is 0.495 e. The van der Waals surface area contributed by atoms with Gasteiger partial charge in [-0.05, 0) is 82.6 Å². The summed E-state index contributed by atoms with van der Waals surface area (Å²) in [6.45, 7) is 13.6. The minimum atomic E-state index is -0.697. The van der Waals surface area contributed by atoms with Gasteiger partial charge >= 0.3 is 7.12 Å². The Kier molecular flexibility index (Phi) is 8.17. The summed E-state index contributed by atoms with van der Waals surface area (Å²) in [6.07, 6.45) is 2.22. The minimum Gasteiger partial charge on any atom is -0.655 e. The quantitative estimate of drug-likeness (QED) is 0.363. The van der Waals surface area contributed by atoms with E-state index in [0.717, 1.165) is 18.4 Å². The molecule has 0 atom stereocenters. The van der Waals surface area contributed by atoms with Crippen molar-refractivity contribution < 1.29 is 39.2 Å². The average Bonchev–Trinajstić information content (AvgIpc) is 3.48. The predicted octanol–water partition coefficient (Wildman–Crippen LogP) is 6.81. The van der Waals surface area contributed by atoms with Crippen LogP contribution in [0.4, 0.5) is 20.2 Å². The third-order valence-electron chi connectivity index (χ3n) is 6.15. The van der Waals surface area contributed by atoms with E-state index in [2.05, 4.69) is 5.32 Å². The van der Waals surface area contributed by atoms with Gasteiger partial charge in [-0.1, -0.05) is 37.2 Å². The van der Waals surface area contributed by atoms with Crippen LogP contribution in [0.1, 0.15) is 71.4 Å². The molecule has 168 valence electrons. The summed E-state index contributed by atoms with van der Waals surface area (Å²) in [6, 6.07) is 7.84. The van der Waals surface area contributed by atoms with Crippen LogP contribution in [0, 0.1) is 18.6 Å². The van der Waals surface area contributed by atoms with Gasteiger partial charge in [-0.3, -0.25) is 0 Å². The maximum atomic E-state index is 14.5. The van der Waals surface area contributed by atoms with Crippen LogP contribution in [-0.2, 0) is 30.4 Å². The Labute approximate surface area is 199 Å². The summed E-state index contributed by atoms with van der Waals surface area (Å²) in [5.74, 6) is -0.372. The molecule has 4 rings (SSSR count). The number of nitrogens with zero attached hydrogens (tertiary/aromatic N) is 1. The van der Waals surface area contributed by atoms with Gasteiger partial charge in [0.1, 0.15) is 11.6 Å². The Balaban J connectivity index is 0.00000111. The number of hydrogen-bond donors (Lipinski definition) is 0. The molecule has 2 aromatic rings. The van der Waals surface area contributed by atoms with Crippen molar-refractivity contribution in [3.63, 3.8) is 0 Å². The molecular formula is C24H31BF2NO2W-. The van der Waals surface area contributed by atoms with E-state index < -0.39 is 24.1 Å².